The summed E-state index contributed by atoms with van der Waals surface area (Å²) in [7, 11) is 0. The monoisotopic (exact) mass is 239 g/mol. The predicted octanol–water partition coefficient (Wildman–Crippen LogP) is 3.18. The molecule has 0 saturated carbocycles. The maximum atomic E-state index is 13.8. The second-order valence-corrected chi connectivity index (χ2v) is 3.83. The van der Waals surface area contributed by atoms with E-state index in [1.807, 2.05) is 0 Å². The molecule has 0 N–H and O–H groups in total. The summed E-state index contributed by atoms with van der Waals surface area (Å²) in [5, 5.41) is 4.36. The van der Waals surface area contributed by atoms with E-state index < -0.39 is 0 Å². The maximum Gasteiger partial charge on any atom is 0.162 e. The van der Waals surface area contributed by atoms with Gasteiger partial charge in [-0.3, -0.25) is 0 Å². The summed E-state index contributed by atoms with van der Waals surface area (Å²) in [6, 6.07) is 8.32. The first-order valence-corrected chi connectivity index (χ1v) is 5.52. The molecule has 4 heteroatoms. The molecule has 0 spiro atoms. The van der Waals surface area contributed by atoms with Crippen LogP contribution < -0.4 is 0 Å². The Kier molecular flexibility index (Phi) is 2.41. The van der Waals surface area contributed by atoms with E-state index in [4.69, 9.17) is 0 Å². The number of hydrogen-bond acceptors (Lipinski definition) is 2. The van der Waals surface area contributed by atoms with Gasteiger partial charge in [0.2, 0.25) is 0 Å². The molecule has 0 saturated heterocycles. The van der Waals surface area contributed by atoms with Crippen molar-refractivity contribution in [3.8, 4) is 11.3 Å². The van der Waals surface area contributed by atoms with Crippen molar-refractivity contribution in [2.75, 3.05) is 0 Å². The summed E-state index contributed by atoms with van der Waals surface area (Å²) in [4.78, 5) is 4.23. The lowest BCUT2D eigenvalue weighted by Gasteiger charge is -1.99. The van der Waals surface area contributed by atoms with E-state index in [-0.39, 0.29) is 5.82 Å². The van der Waals surface area contributed by atoms with Crippen molar-refractivity contribution < 1.29 is 4.39 Å². The van der Waals surface area contributed by atoms with Crippen LogP contribution in [-0.2, 0) is 0 Å². The lowest BCUT2D eigenvalue weighted by Crippen LogP contribution is -1.88. The molecule has 0 aliphatic heterocycles. The first-order valence-electron chi connectivity index (χ1n) is 5.52. The number of benzene rings is 1. The minimum Gasteiger partial charge on any atom is -0.236 e. The van der Waals surface area contributed by atoms with Gasteiger partial charge in [0.05, 0.1) is 0 Å². The molecule has 0 aliphatic carbocycles. The molecule has 2 aromatic heterocycles. The number of aromatic nitrogens is 3. The number of hydrogen-bond donors (Lipinski definition) is 0. The Morgan fingerprint density at radius 3 is 2.83 bits per heavy atom. The van der Waals surface area contributed by atoms with Crippen LogP contribution >= 0.6 is 0 Å². The molecule has 0 aliphatic rings. The Hall–Kier alpha value is -2.49. The third-order valence-electron chi connectivity index (χ3n) is 2.76. The Labute approximate surface area is 103 Å². The van der Waals surface area contributed by atoms with Gasteiger partial charge in [-0.15, -0.1) is 0 Å². The molecular formula is C14H10FN3. The van der Waals surface area contributed by atoms with Gasteiger partial charge in [0, 0.05) is 23.5 Å². The third-order valence-corrected chi connectivity index (χ3v) is 2.76. The van der Waals surface area contributed by atoms with Gasteiger partial charge in [0.15, 0.2) is 5.65 Å². The third kappa shape index (κ3) is 1.50. The number of rotatable bonds is 2. The van der Waals surface area contributed by atoms with Crippen molar-refractivity contribution in [2.24, 2.45) is 0 Å². The van der Waals surface area contributed by atoms with E-state index in [1.165, 1.54) is 6.07 Å². The van der Waals surface area contributed by atoms with Gasteiger partial charge in [0.1, 0.15) is 11.5 Å². The van der Waals surface area contributed by atoms with E-state index in [1.54, 1.807) is 47.3 Å². The van der Waals surface area contributed by atoms with Crippen LogP contribution in [0.1, 0.15) is 5.56 Å². The van der Waals surface area contributed by atoms with Crippen LogP contribution in [0.2, 0.25) is 0 Å². The zero-order valence-electron chi connectivity index (χ0n) is 9.55. The molecule has 18 heavy (non-hydrogen) atoms. The topological polar surface area (TPSA) is 30.2 Å². The van der Waals surface area contributed by atoms with Gasteiger partial charge < -0.3 is 0 Å². The van der Waals surface area contributed by atoms with E-state index in [9.17, 15) is 4.39 Å². The molecule has 0 atom stereocenters. The van der Waals surface area contributed by atoms with Gasteiger partial charge in [-0.2, -0.15) is 5.10 Å². The average Bonchev–Trinajstić information content (AvgIpc) is 2.77. The summed E-state index contributed by atoms with van der Waals surface area (Å²) in [6.45, 7) is 3.75. The van der Waals surface area contributed by atoms with E-state index in [0.29, 0.717) is 16.9 Å². The minimum absolute atomic E-state index is 0.302. The molecular weight excluding hydrogens is 229 g/mol. The van der Waals surface area contributed by atoms with Crippen LogP contribution in [0.5, 0.6) is 0 Å². The van der Waals surface area contributed by atoms with Crippen LogP contribution in [0.15, 0.2) is 49.3 Å². The zero-order chi connectivity index (χ0) is 12.5. The molecule has 3 aromatic rings. The van der Waals surface area contributed by atoms with Crippen molar-refractivity contribution >= 4 is 11.7 Å². The van der Waals surface area contributed by atoms with Crippen molar-refractivity contribution in [1.29, 1.82) is 0 Å². The standard InChI is InChI=1S/C14H10FN3/c1-2-10-13(11-6-3-4-7-12(11)15)17-18-9-5-8-16-14(10)18/h2-9H,1H2. The zero-order valence-corrected chi connectivity index (χ0v) is 9.55. The largest absolute Gasteiger partial charge is 0.236 e. The first-order chi connectivity index (χ1) is 8.81. The fourth-order valence-electron chi connectivity index (χ4n) is 1.94. The molecule has 2 heterocycles. The van der Waals surface area contributed by atoms with Gasteiger partial charge in [0.25, 0.3) is 0 Å². The highest BCUT2D eigenvalue weighted by atomic mass is 19.1. The predicted molar refractivity (Wildman–Crippen MR) is 68.5 cm³/mol. The SMILES string of the molecule is C=Cc1c(-c2ccccc2F)nn2cccnc12. The highest BCUT2D eigenvalue weighted by Gasteiger charge is 2.15. The van der Waals surface area contributed by atoms with Crippen molar-refractivity contribution in [3.05, 3.63) is 60.7 Å². The summed E-state index contributed by atoms with van der Waals surface area (Å²) >= 11 is 0. The summed E-state index contributed by atoms with van der Waals surface area (Å²) in [6.07, 6.45) is 5.10. The molecule has 0 radical (unpaired) electrons. The number of halogens is 1. The quantitative estimate of drug-likeness (QED) is 0.687. The number of nitrogens with zero attached hydrogens (tertiary/aromatic N) is 3. The molecule has 0 fully saturated rings. The van der Waals surface area contributed by atoms with Crippen LogP contribution in [0.25, 0.3) is 23.0 Å². The van der Waals surface area contributed by atoms with E-state index in [2.05, 4.69) is 16.7 Å². The molecule has 1 aromatic carbocycles. The highest BCUT2D eigenvalue weighted by Crippen LogP contribution is 2.27. The van der Waals surface area contributed by atoms with Gasteiger partial charge in [-0.1, -0.05) is 24.8 Å². The van der Waals surface area contributed by atoms with E-state index >= 15 is 0 Å². The fourth-order valence-corrected chi connectivity index (χ4v) is 1.94. The number of fused-ring (bicyclic) bond motifs is 1. The Bertz CT molecular complexity index is 731. The van der Waals surface area contributed by atoms with Crippen LogP contribution in [0, 0.1) is 5.82 Å². The molecule has 88 valence electrons. The average molecular weight is 239 g/mol. The molecule has 3 rings (SSSR count). The lowest BCUT2D eigenvalue weighted by atomic mass is 10.1. The molecule has 0 amide bonds. The lowest BCUT2D eigenvalue weighted by molar-refractivity contribution is 0.630. The highest BCUT2D eigenvalue weighted by molar-refractivity contribution is 5.80. The Balaban J connectivity index is 2.36. The summed E-state index contributed by atoms with van der Waals surface area (Å²) in [5.41, 5.74) is 2.42. The molecule has 0 bridgehead atoms. The van der Waals surface area contributed by atoms with Crippen LogP contribution in [-0.4, -0.2) is 14.6 Å². The van der Waals surface area contributed by atoms with Crippen molar-refractivity contribution in [2.45, 2.75) is 0 Å². The van der Waals surface area contributed by atoms with Crippen molar-refractivity contribution in [1.82, 2.24) is 14.6 Å². The fraction of sp³-hybridized carbons (Fsp3) is 0. The Morgan fingerprint density at radius 1 is 1.22 bits per heavy atom. The van der Waals surface area contributed by atoms with Crippen molar-refractivity contribution in [3.63, 3.8) is 0 Å². The Morgan fingerprint density at radius 2 is 2.06 bits per heavy atom. The first kappa shape index (κ1) is 10.7. The summed E-state index contributed by atoms with van der Waals surface area (Å²) in [5.74, 6) is -0.302. The maximum absolute atomic E-state index is 13.8. The molecule has 3 nitrogen and oxygen atoms in total. The van der Waals surface area contributed by atoms with Gasteiger partial charge in [-0.05, 0) is 18.2 Å². The normalized spacial score (nSPS) is 10.7. The molecule has 0 unspecified atom stereocenters. The second-order valence-electron chi connectivity index (χ2n) is 3.83. The van der Waals surface area contributed by atoms with E-state index in [0.717, 1.165) is 5.56 Å². The second kappa shape index (κ2) is 4.07. The minimum atomic E-state index is -0.302. The van der Waals surface area contributed by atoms with Gasteiger partial charge in [-0.25, -0.2) is 13.9 Å². The summed E-state index contributed by atoms with van der Waals surface area (Å²) < 4.78 is 15.4. The van der Waals surface area contributed by atoms with Gasteiger partial charge >= 0.3 is 0 Å². The smallest absolute Gasteiger partial charge is 0.162 e. The van der Waals surface area contributed by atoms with Crippen LogP contribution in [0.3, 0.4) is 0 Å². The van der Waals surface area contributed by atoms with Crippen LogP contribution in [0.4, 0.5) is 4.39 Å².